The van der Waals surface area contributed by atoms with Crippen LogP contribution in [-0.4, -0.2) is 17.4 Å². The van der Waals surface area contributed by atoms with E-state index in [2.05, 4.69) is 0 Å². The highest BCUT2D eigenvalue weighted by atomic mass is 16.4. The van der Waals surface area contributed by atoms with E-state index in [1.54, 1.807) is 13.8 Å². The molecular weight excluding hydrogens is 132 g/mol. The van der Waals surface area contributed by atoms with Gasteiger partial charge in [-0.1, -0.05) is 13.8 Å². The van der Waals surface area contributed by atoms with E-state index in [9.17, 15) is 9.59 Å². The van der Waals surface area contributed by atoms with E-state index >= 15 is 0 Å². The number of carbonyl (C=O) groups is 2. The fraction of sp³-hybridized carbons (Fsp3) is 0.714. The summed E-state index contributed by atoms with van der Waals surface area (Å²) in [5.41, 5.74) is 0. The van der Waals surface area contributed by atoms with Crippen molar-refractivity contribution in [3.63, 3.8) is 0 Å². The number of carbonyl (C=O) groups excluding carboxylic acids is 1. The average molecular weight is 144 g/mol. The van der Waals surface area contributed by atoms with Gasteiger partial charge in [0.1, 0.15) is 6.29 Å². The lowest BCUT2D eigenvalue weighted by molar-refractivity contribution is -0.141. The monoisotopic (exact) mass is 144 g/mol. The number of hydrogen-bond acceptors (Lipinski definition) is 2. The summed E-state index contributed by atoms with van der Waals surface area (Å²) in [4.78, 5) is 20.3. The minimum atomic E-state index is -0.839. The molecule has 0 aromatic rings. The number of aliphatic carboxylic acids is 1. The molecule has 2 unspecified atom stereocenters. The largest absolute Gasteiger partial charge is 0.481 e. The highest BCUT2D eigenvalue weighted by Crippen LogP contribution is 2.08. The number of aldehydes is 1. The van der Waals surface area contributed by atoms with Crippen LogP contribution in [0.15, 0.2) is 0 Å². The van der Waals surface area contributed by atoms with Crippen molar-refractivity contribution in [3.8, 4) is 0 Å². The second kappa shape index (κ2) is 4.04. The Hall–Kier alpha value is -0.860. The van der Waals surface area contributed by atoms with Crippen molar-refractivity contribution < 1.29 is 14.7 Å². The third-order valence-electron chi connectivity index (χ3n) is 1.38. The van der Waals surface area contributed by atoms with Crippen molar-refractivity contribution in [1.82, 2.24) is 0 Å². The standard InChI is InChI=1S/C7H12O3/c1-5(4-8)3-6(2)7(9)10/h4-6H,3H2,1-2H3,(H,9,10). The maximum Gasteiger partial charge on any atom is 0.306 e. The molecule has 3 nitrogen and oxygen atoms in total. The first-order valence-electron chi connectivity index (χ1n) is 3.26. The maximum absolute atomic E-state index is 10.2. The van der Waals surface area contributed by atoms with Crippen LogP contribution in [-0.2, 0) is 9.59 Å². The molecular formula is C7H12O3. The van der Waals surface area contributed by atoms with Crippen LogP contribution >= 0.6 is 0 Å². The Morgan fingerprint density at radius 1 is 1.60 bits per heavy atom. The van der Waals surface area contributed by atoms with Crippen LogP contribution in [0.5, 0.6) is 0 Å². The Labute approximate surface area is 60.0 Å². The molecule has 0 rings (SSSR count). The first kappa shape index (κ1) is 9.14. The lowest BCUT2D eigenvalue weighted by Crippen LogP contribution is -2.13. The first-order valence-corrected chi connectivity index (χ1v) is 3.26. The third kappa shape index (κ3) is 3.22. The van der Waals surface area contributed by atoms with Gasteiger partial charge in [0.2, 0.25) is 0 Å². The van der Waals surface area contributed by atoms with Crippen LogP contribution in [0.1, 0.15) is 20.3 Å². The number of carboxylic acids is 1. The van der Waals surface area contributed by atoms with Gasteiger partial charge in [-0.25, -0.2) is 0 Å². The molecule has 0 radical (unpaired) electrons. The summed E-state index contributed by atoms with van der Waals surface area (Å²) >= 11 is 0. The van der Waals surface area contributed by atoms with Gasteiger partial charge in [-0.3, -0.25) is 4.79 Å². The average Bonchev–Trinajstić information content (AvgIpc) is 1.87. The second-order valence-corrected chi connectivity index (χ2v) is 2.59. The fourth-order valence-corrected chi connectivity index (χ4v) is 0.714. The van der Waals surface area contributed by atoms with Crippen molar-refractivity contribution in [1.29, 1.82) is 0 Å². The van der Waals surface area contributed by atoms with E-state index in [-0.39, 0.29) is 5.92 Å². The number of carboxylic acid groups (broad SMARTS) is 1. The fourth-order valence-electron chi connectivity index (χ4n) is 0.714. The Bertz CT molecular complexity index is 131. The van der Waals surface area contributed by atoms with E-state index in [4.69, 9.17) is 5.11 Å². The van der Waals surface area contributed by atoms with E-state index in [0.29, 0.717) is 6.42 Å². The Balaban J connectivity index is 3.67. The Morgan fingerprint density at radius 2 is 2.10 bits per heavy atom. The molecule has 0 saturated carbocycles. The lowest BCUT2D eigenvalue weighted by Gasteiger charge is -2.06. The quantitative estimate of drug-likeness (QED) is 0.597. The molecule has 0 aliphatic rings. The Kier molecular flexibility index (Phi) is 3.69. The lowest BCUT2D eigenvalue weighted by atomic mass is 9.99. The predicted molar refractivity (Wildman–Crippen MR) is 36.6 cm³/mol. The molecule has 0 amide bonds. The molecule has 0 aliphatic heterocycles. The highest BCUT2D eigenvalue weighted by Gasteiger charge is 2.13. The Morgan fingerprint density at radius 3 is 2.40 bits per heavy atom. The van der Waals surface area contributed by atoms with Crippen molar-refractivity contribution in [3.05, 3.63) is 0 Å². The molecule has 0 aliphatic carbocycles. The van der Waals surface area contributed by atoms with E-state index in [1.165, 1.54) is 0 Å². The van der Waals surface area contributed by atoms with Gasteiger partial charge in [-0.2, -0.15) is 0 Å². The zero-order valence-electron chi connectivity index (χ0n) is 6.20. The molecule has 2 atom stereocenters. The van der Waals surface area contributed by atoms with E-state index < -0.39 is 11.9 Å². The van der Waals surface area contributed by atoms with Gasteiger partial charge < -0.3 is 9.90 Å². The van der Waals surface area contributed by atoms with Gasteiger partial charge in [0.15, 0.2) is 0 Å². The molecule has 58 valence electrons. The zero-order chi connectivity index (χ0) is 8.15. The second-order valence-electron chi connectivity index (χ2n) is 2.59. The molecule has 0 saturated heterocycles. The van der Waals surface area contributed by atoms with Gasteiger partial charge in [0, 0.05) is 5.92 Å². The van der Waals surface area contributed by atoms with Crippen LogP contribution in [0.25, 0.3) is 0 Å². The van der Waals surface area contributed by atoms with Crippen LogP contribution in [0.3, 0.4) is 0 Å². The van der Waals surface area contributed by atoms with Gasteiger partial charge in [0.25, 0.3) is 0 Å². The topological polar surface area (TPSA) is 54.4 Å². The summed E-state index contributed by atoms with van der Waals surface area (Å²) in [6.45, 7) is 3.31. The molecule has 0 bridgehead atoms. The minimum Gasteiger partial charge on any atom is -0.481 e. The summed E-state index contributed by atoms with van der Waals surface area (Å²) in [6, 6.07) is 0. The predicted octanol–water partition coefficient (Wildman–Crippen LogP) is 0.932. The smallest absolute Gasteiger partial charge is 0.306 e. The van der Waals surface area contributed by atoms with Gasteiger partial charge in [-0.05, 0) is 6.42 Å². The zero-order valence-corrected chi connectivity index (χ0v) is 6.20. The van der Waals surface area contributed by atoms with Crippen LogP contribution in [0, 0.1) is 11.8 Å². The summed E-state index contributed by atoms with van der Waals surface area (Å²) in [6.07, 6.45) is 1.21. The molecule has 1 N–H and O–H groups in total. The van der Waals surface area contributed by atoms with Gasteiger partial charge in [-0.15, -0.1) is 0 Å². The van der Waals surface area contributed by atoms with Gasteiger partial charge in [0.05, 0.1) is 5.92 Å². The normalized spacial score (nSPS) is 15.8. The summed E-state index contributed by atoms with van der Waals surface area (Å²) in [7, 11) is 0. The van der Waals surface area contributed by atoms with Gasteiger partial charge >= 0.3 is 5.97 Å². The van der Waals surface area contributed by atoms with Crippen molar-refractivity contribution in [2.24, 2.45) is 11.8 Å². The third-order valence-corrected chi connectivity index (χ3v) is 1.38. The van der Waals surface area contributed by atoms with Crippen LogP contribution in [0.4, 0.5) is 0 Å². The van der Waals surface area contributed by atoms with Crippen molar-refractivity contribution >= 4 is 12.3 Å². The van der Waals surface area contributed by atoms with Crippen LogP contribution < -0.4 is 0 Å². The SMILES string of the molecule is CC(C=O)CC(C)C(=O)O. The maximum atomic E-state index is 10.2. The summed E-state index contributed by atoms with van der Waals surface area (Å²) in [5, 5.41) is 8.41. The minimum absolute atomic E-state index is 0.147. The molecule has 10 heavy (non-hydrogen) atoms. The number of hydrogen-bond donors (Lipinski definition) is 1. The number of rotatable bonds is 4. The molecule has 0 aromatic heterocycles. The first-order chi connectivity index (χ1) is 4.57. The van der Waals surface area contributed by atoms with Crippen molar-refractivity contribution in [2.45, 2.75) is 20.3 Å². The van der Waals surface area contributed by atoms with E-state index in [1.807, 2.05) is 0 Å². The molecule has 0 heterocycles. The molecule has 0 fully saturated rings. The summed E-state index contributed by atoms with van der Waals surface area (Å²) in [5.74, 6) is -1.40. The summed E-state index contributed by atoms with van der Waals surface area (Å²) < 4.78 is 0. The molecule has 0 aromatic carbocycles. The molecule has 0 spiro atoms. The van der Waals surface area contributed by atoms with E-state index in [0.717, 1.165) is 6.29 Å². The molecule has 3 heteroatoms. The highest BCUT2D eigenvalue weighted by molar-refractivity contribution is 5.70. The van der Waals surface area contributed by atoms with Crippen LogP contribution in [0.2, 0.25) is 0 Å². The van der Waals surface area contributed by atoms with Crippen molar-refractivity contribution in [2.75, 3.05) is 0 Å².